The number of rotatable bonds is 6. The first-order valence-corrected chi connectivity index (χ1v) is 6.09. The van der Waals surface area contributed by atoms with Crippen molar-refractivity contribution in [2.75, 3.05) is 0 Å². The Morgan fingerprint density at radius 1 is 1.44 bits per heavy atom. The summed E-state index contributed by atoms with van der Waals surface area (Å²) in [5.41, 5.74) is 1.36. The molecule has 1 N–H and O–H groups in total. The van der Waals surface area contributed by atoms with Crippen LogP contribution < -0.4 is 0 Å². The van der Waals surface area contributed by atoms with Gasteiger partial charge in [-0.1, -0.05) is 13.3 Å². The summed E-state index contributed by atoms with van der Waals surface area (Å²) >= 11 is 0. The minimum Gasteiger partial charge on any atom is -0.477 e. The van der Waals surface area contributed by atoms with Crippen molar-refractivity contribution in [3.05, 3.63) is 42.2 Å². The first-order chi connectivity index (χ1) is 8.72. The third-order valence-electron chi connectivity index (χ3n) is 2.93. The van der Waals surface area contributed by atoms with Crippen LogP contribution in [0.3, 0.4) is 0 Å². The quantitative estimate of drug-likeness (QED) is 0.851. The number of unbranched alkanes of at least 4 members (excludes halogenated alkanes) is 1. The summed E-state index contributed by atoms with van der Waals surface area (Å²) in [7, 11) is 0. The average Bonchev–Trinajstić information content (AvgIpc) is 2.96. The predicted octanol–water partition coefficient (Wildman–Crippen LogP) is 2.23. The van der Waals surface area contributed by atoms with Crippen LogP contribution >= 0.6 is 0 Å². The molecule has 0 amide bonds. The van der Waals surface area contributed by atoms with Crippen molar-refractivity contribution in [1.82, 2.24) is 14.1 Å². The van der Waals surface area contributed by atoms with E-state index in [1.165, 1.54) is 0 Å². The Labute approximate surface area is 106 Å². The molecular weight excluding hydrogens is 230 g/mol. The molecule has 0 radical (unpaired) electrons. The maximum Gasteiger partial charge on any atom is 0.352 e. The number of nitrogens with zero attached hydrogens (tertiary/aromatic N) is 3. The summed E-state index contributed by atoms with van der Waals surface area (Å²) in [6.07, 6.45) is 7.35. The van der Waals surface area contributed by atoms with Gasteiger partial charge in [-0.3, -0.25) is 0 Å². The van der Waals surface area contributed by atoms with E-state index < -0.39 is 5.97 Å². The zero-order chi connectivity index (χ0) is 13.0. The van der Waals surface area contributed by atoms with Gasteiger partial charge in [-0.15, -0.1) is 0 Å². The van der Waals surface area contributed by atoms with E-state index in [1.54, 1.807) is 18.6 Å². The summed E-state index contributed by atoms with van der Waals surface area (Å²) in [5, 5.41) is 9.16. The van der Waals surface area contributed by atoms with Crippen LogP contribution in [0.25, 0.3) is 0 Å². The molecule has 0 aliphatic carbocycles. The van der Waals surface area contributed by atoms with Crippen molar-refractivity contribution in [3.63, 3.8) is 0 Å². The van der Waals surface area contributed by atoms with Crippen LogP contribution in [0.1, 0.15) is 35.9 Å². The molecular formula is C13H17N3O2. The van der Waals surface area contributed by atoms with Gasteiger partial charge < -0.3 is 14.2 Å². The van der Waals surface area contributed by atoms with Gasteiger partial charge in [0.25, 0.3) is 0 Å². The van der Waals surface area contributed by atoms with Gasteiger partial charge >= 0.3 is 5.97 Å². The highest BCUT2D eigenvalue weighted by molar-refractivity contribution is 5.86. The zero-order valence-corrected chi connectivity index (χ0v) is 10.4. The number of hydrogen-bond acceptors (Lipinski definition) is 2. The fourth-order valence-corrected chi connectivity index (χ4v) is 1.98. The van der Waals surface area contributed by atoms with Crippen molar-refractivity contribution in [1.29, 1.82) is 0 Å². The summed E-state index contributed by atoms with van der Waals surface area (Å²) < 4.78 is 3.81. The number of carboxylic acids is 1. The van der Waals surface area contributed by atoms with Crippen molar-refractivity contribution >= 4 is 5.97 Å². The van der Waals surface area contributed by atoms with Crippen LogP contribution in [0.4, 0.5) is 0 Å². The highest BCUT2D eigenvalue weighted by Crippen LogP contribution is 2.13. The first kappa shape index (κ1) is 12.4. The predicted molar refractivity (Wildman–Crippen MR) is 67.6 cm³/mol. The molecule has 0 unspecified atom stereocenters. The second-order valence-electron chi connectivity index (χ2n) is 4.26. The summed E-state index contributed by atoms with van der Waals surface area (Å²) in [4.78, 5) is 15.2. The van der Waals surface area contributed by atoms with E-state index in [0.717, 1.165) is 25.1 Å². The molecule has 5 nitrogen and oxygen atoms in total. The molecule has 0 spiro atoms. The Balaban J connectivity index is 2.25. The number of carboxylic acid groups (broad SMARTS) is 1. The molecule has 0 atom stereocenters. The molecule has 2 aromatic rings. The molecule has 2 rings (SSSR count). The Bertz CT molecular complexity index is 514. The number of aromatic nitrogens is 3. The van der Waals surface area contributed by atoms with E-state index in [-0.39, 0.29) is 0 Å². The van der Waals surface area contributed by atoms with Crippen LogP contribution in [0.2, 0.25) is 0 Å². The number of carbonyl (C=O) groups is 1. The molecule has 0 saturated heterocycles. The third-order valence-corrected chi connectivity index (χ3v) is 2.93. The largest absolute Gasteiger partial charge is 0.477 e. The molecule has 96 valence electrons. The summed E-state index contributed by atoms with van der Waals surface area (Å²) in [6, 6.07) is 3.55. The van der Waals surface area contributed by atoms with E-state index in [9.17, 15) is 4.79 Å². The van der Waals surface area contributed by atoms with E-state index in [4.69, 9.17) is 5.11 Å². The minimum atomic E-state index is -0.872. The summed E-state index contributed by atoms with van der Waals surface area (Å²) in [5.74, 6) is -0.872. The average molecular weight is 247 g/mol. The molecule has 2 heterocycles. The molecule has 18 heavy (non-hydrogen) atoms. The minimum absolute atomic E-state index is 0.360. The first-order valence-electron chi connectivity index (χ1n) is 6.09. The van der Waals surface area contributed by atoms with Gasteiger partial charge in [-0.05, 0) is 18.6 Å². The van der Waals surface area contributed by atoms with Crippen LogP contribution in [0, 0.1) is 0 Å². The number of hydrogen-bond donors (Lipinski definition) is 1. The van der Waals surface area contributed by atoms with E-state index in [0.29, 0.717) is 12.2 Å². The third kappa shape index (κ3) is 2.61. The highest BCUT2D eigenvalue weighted by Gasteiger charge is 2.13. The highest BCUT2D eigenvalue weighted by atomic mass is 16.4. The molecule has 0 fully saturated rings. The zero-order valence-electron chi connectivity index (χ0n) is 10.4. The van der Waals surface area contributed by atoms with Gasteiger partial charge in [-0.25, -0.2) is 9.78 Å². The number of aromatic carboxylic acids is 1. The van der Waals surface area contributed by atoms with Crippen molar-refractivity contribution in [2.24, 2.45) is 0 Å². The fourth-order valence-electron chi connectivity index (χ4n) is 1.98. The van der Waals surface area contributed by atoms with Gasteiger partial charge in [0.1, 0.15) is 5.69 Å². The van der Waals surface area contributed by atoms with E-state index >= 15 is 0 Å². The van der Waals surface area contributed by atoms with E-state index in [1.807, 2.05) is 21.4 Å². The second-order valence-corrected chi connectivity index (χ2v) is 4.26. The molecule has 0 saturated carbocycles. The lowest BCUT2D eigenvalue weighted by molar-refractivity contribution is 0.0684. The maximum absolute atomic E-state index is 11.2. The lowest BCUT2D eigenvalue weighted by Gasteiger charge is -2.11. The Hall–Kier alpha value is -2.04. The van der Waals surface area contributed by atoms with Crippen molar-refractivity contribution < 1.29 is 9.90 Å². The Kier molecular flexibility index (Phi) is 3.82. The van der Waals surface area contributed by atoms with Gasteiger partial charge in [0.2, 0.25) is 0 Å². The van der Waals surface area contributed by atoms with Crippen LogP contribution in [-0.2, 0) is 13.1 Å². The van der Waals surface area contributed by atoms with Gasteiger partial charge in [0.15, 0.2) is 0 Å². The van der Waals surface area contributed by atoms with Gasteiger partial charge in [0.05, 0.1) is 12.9 Å². The molecule has 5 heteroatoms. The Morgan fingerprint density at radius 2 is 2.28 bits per heavy atom. The molecule has 2 aromatic heterocycles. The monoisotopic (exact) mass is 247 g/mol. The molecule has 0 aromatic carbocycles. The lowest BCUT2D eigenvalue weighted by Crippen LogP contribution is -2.13. The SMILES string of the molecule is CCCCn1c(Cn2ccnc2)ccc1C(=O)O. The number of imidazole rings is 1. The molecule has 0 aliphatic rings. The van der Waals surface area contributed by atoms with Gasteiger partial charge in [0, 0.05) is 24.6 Å². The standard InChI is InChI=1S/C13H17N3O2/c1-2-3-7-16-11(4-5-12(16)13(17)18)9-15-8-6-14-10-15/h4-6,8,10H,2-3,7,9H2,1H3,(H,17,18). The second kappa shape index (κ2) is 5.53. The van der Waals surface area contributed by atoms with Crippen LogP contribution in [0.15, 0.2) is 30.9 Å². The van der Waals surface area contributed by atoms with Crippen molar-refractivity contribution in [2.45, 2.75) is 32.9 Å². The van der Waals surface area contributed by atoms with Crippen LogP contribution in [0.5, 0.6) is 0 Å². The van der Waals surface area contributed by atoms with E-state index in [2.05, 4.69) is 11.9 Å². The van der Waals surface area contributed by atoms with Crippen molar-refractivity contribution in [3.8, 4) is 0 Å². The lowest BCUT2D eigenvalue weighted by atomic mass is 10.3. The van der Waals surface area contributed by atoms with Crippen LogP contribution in [-0.4, -0.2) is 25.2 Å². The molecule has 0 bridgehead atoms. The topological polar surface area (TPSA) is 60.0 Å². The maximum atomic E-state index is 11.2. The van der Waals surface area contributed by atoms with Gasteiger partial charge in [-0.2, -0.15) is 0 Å². The molecule has 0 aliphatic heterocycles. The Morgan fingerprint density at radius 3 is 2.89 bits per heavy atom. The normalized spacial score (nSPS) is 10.7. The smallest absolute Gasteiger partial charge is 0.352 e. The fraction of sp³-hybridized carbons (Fsp3) is 0.385. The summed E-state index contributed by atoms with van der Waals surface area (Å²) in [6.45, 7) is 3.49.